The summed E-state index contributed by atoms with van der Waals surface area (Å²) in [5.74, 6) is -0.867. The molecule has 0 spiro atoms. The van der Waals surface area contributed by atoms with Gasteiger partial charge in [-0.2, -0.15) is 4.31 Å². The molecule has 3 rings (SSSR count). The van der Waals surface area contributed by atoms with Gasteiger partial charge >= 0.3 is 0 Å². The van der Waals surface area contributed by atoms with Crippen molar-refractivity contribution in [1.82, 2.24) is 9.21 Å². The number of methoxy groups -OCH3 is 1. The van der Waals surface area contributed by atoms with Crippen molar-refractivity contribution in [3.8, 4) is 5.75 Å². The maximum atomic E-state index is 13.8. The number of amides is 1. The lowest BCUT2D eigenvalue weighted by Crippen LogP contribution is -2.50. The molecule has 1 amide bonds. The molecule has 0 aliphatic carbocycles. The number of benzene rings is 2. The number of sulfonamides is 1. The highest BCUT2D eigenvalue weighted by molar-refractivity contribution is 7.89. The summed E-state index contributed by atoms with van der Waals surface area (Å²) in [5.41, 5.74) is 1.19. The van der Waals surface area contributed by atoms with Gasteiger partial charge in [-0.1, -0.05) is 17.7 Å². The fourth-order valence-corrected chi connectivity index (χ4v) is 4.40. The summed E-state index contributed by atoms with van der Waals surface area (Å²) in [6.07, 6.45) is 0. The zero-order valence-corrected chi connectivity index (χ0v) is 16.0. The van der Waals surface area contributed by atoms with E-state index in [9.17, 15) is 17.6 Å². The minimum absolute atomic E-state index is 0.0700. The Bertz CT molecular complexity index is 937. The molecule has 0 aromatic heterocycles. The number of hydrogen-bond acceptors (Lipinski definition) is 4. The average Bonchev–Trinajstić information content (AvgIpc) is 2.68. The van der Waals surface area contributed by atoms with Crippen LogP contribution in [-0.2, 0) is 10.0 Å². The lowest BCUT2D eigenvalue weighted by Gasteiger charge is -2.34. The predicted octanol–water partition coefficient (Wildman–Crippen LogP) is 2.29. The number of carbonyl (C=O) groups excluding carboxylic acids is 1. The molecule has 144 valence electrons. The van der Waals surface area contributed by atoms with Crippen molar-refractivity contribution < 1.29 is 22.3 Å². The highest BCUT2D eigenvalue weighted by Gasteiger charge is 2.30. The smallest absolute Gasteiger partial charge is 0.254 e. The third-order valence-electron chi connectivity index (χ3n) is 4.58. The number of ether oxygens (including phenoxy) is 1. The molecule has 8 heteroatoms. The van der Waals surface area contributed by atoms with Crippen LogP contribution in [0.5, 0.6) is 5.75 Å². The van der Waals surface area contributed by atoms with Gasteiger partial charge in [0.25, 0.3) is 5.91 Å². The Labute approximate surface area is 158 Å². The van der Waals surface area contributed by atoms with E-state index in [0.717, 1.165) is 11.6 Å². The summed E-state index contributed by atoms with van der Waals surface area (Å²) in [6.45, 7) is 2.78. The van der Waals surface area contributed by atoms with Crippen LogP contribution in [0.3, 0.4) is 0 Å². The topological polar surface area (TPSA) is 66.9 Å². The van der Waals surface area contributed by atoms with Gasteiger partial charge in [0.2, 0.25) is 10.0 Å². The first-order valence-corrected chi connectivity index (χ1v) is 9.96. The number of carbonyl (C=O) groups is 1. The van der Waals surface area contributed by atoms with Crippen molar-refractivity contribution in [1.29, 1.82) is 0 Å². The van der Waals surface area contributed by atoms with Gasteiger partial charge in [0.05, 0.1) is 12.0 Å². The van der Waals surface area contributed by atoms with Crippen molar-refractivity contribution >= 4 is 15.9 Å². The van der Waals surface area contributed by atoms with E-state index in [4.69, 9.17) is 4.74 Å². The Hall–Kier alpha value is -2.45. The van der Waals surface area contributed by atoms with Gasteiger partial charge in [0, 0.05) is 31.7 Å². The van der Waals surface area contributed by atoms with Crippen LogP contribution in [-0.4, -0.2) is 56.8 Å². The number of nitrogens with zero attached hydrogens (tertiary/aromatic N) is 2. The fraction of sp³-hybridized carbons (Fsp3) is 0.316. The van der Waals surface area contributed by atoms with Gasteiger partial charge < -0.3 is 9.64 Å². The Morgan fingerprint density at radius 2 is 1.67 bits per heavy atom. The van der Waals surface area contributed by atoms with E-state index in [2.05, 4.69) is 0 Å². The molecule has 0 atom stereocenters. The van der Waals surface area contributed by atoms with Crippen LogP contribution in [0.4, 0.5) is 4.39 Å². The summed E-state index contributed by atoms with van der Waals surface area (Å²) in [5, 5.41) is 0. The second-order valence-electron chi connectivity index (χ2n) is 6.36. The third kappa shape index (κ3) is 3.96. The van der Waals surface area contributed by atoms with Crippen LogP contribution in [0.15, 0.2) is 47.4 Å². The molecule has 0 N–H and O–H groups in total. The van der Waals surface area contributed by atoms with E-state index in [1.807, 2.05) is 6.92 Å². The Morgan fingerprint density at radius 3 is 2.22 bits per heavy atom. The third-order valence-corrected chi connectivity index (χ3v) is 6.50. The molecule has 1 heterocycles. The summed E-state index contributed by atoms with van der Waals surface area (Å²) in [7, 11) is -2.23. The second kappa shape index (κ2) is 7.66. The van der Waals surface area contributed by atoms with E-state index < -0.39 is 15.8 Å². The molecule has 1 fully saturated rings. The van der Waals surface area contributed by atoms with E-state index in [1.165, 1.54) is 28.4 Å². The number of hydrogen-bond donors (Lipinski definition) is 0. The molecule has 2 aromatic rings. The molecule has 0 radical (unpaired) electrons. The quantitative estimate of drug-likeness (QED) is 0.801. The Morgan fingerprint density at radius 1 is 1.04 bits per heavy atom. The van der Waals surface area contributed by atoms with Crippen molar-refractivity contribution in [2.24, 2.45) is 0 Å². The second-order valence-corrected chi connectivity index (χ2v) is 8.30. The first kappa shape index (κ1) is 19.3. The minimum atomic E-state index is -3.59. The maximum Gasteiger partial charge on any atom is 0.254 e. The molecule has 0 bridgehead atoms. The zero-order valence-electron chi connectivity index (χ0n) is 15.2. The van der Waals surface area contributed by atoms with Crippen LogP contribution in [0.1, 0.15) is 15.9 Å². The standard InChI is InChI=1S/C19H21FN2O4S/c1-14-3-6-16(7-4-14)27(24,25)22-11-9-21(10-12-22)19(23)15-5-8-18(26-2)17(20)13-15/h3-8,13H,9-12H2,1-2H3. The van der Waals surface area contributed by atoms with Gasteiger partial charge in [-0.15, -0.1) is 0 Å². The lowest BCUT2D eigenvalue weighted by molar-refractivity contribution is 0.0697. The van der Waals surface area contributed by atoms with Gasteiger partial charge in [0.15, 0.2) is 11.6 Å². The highest BCUT2D eigenvalue weighted by Crippen LogP contribution is 2.21. The summed E-state index contributed by atoms with van der Waals surface area (Å²) >= 11 is 0. The van der Waals surface area contributed by atoms with Crippen molar-refractivity contribution in [2.75, 3.05) is 33.3 Å². The number of piperazine rings is 1. The Balaban J connectivity index is 1.68. The molecule has 27 heavy (non-hydrogen) atoms. The van der Waals surface area contributed by atoms with Gasteiger partial charge in [0.1, 0.15) is 0 Å². The average molecular weight is 392 g/mol. The molecule has 1 saturated heterocycles. The zero-order chi connectivity index (χ0) is 19.6. The van der Waals surface area contributed by atoms with Crippen LogP contribution >= 0.6 is 0 Å². The van der Waals surface area contributed by atoms with Crippen molar-refractivity contribution in [3.05, 3.63) is 59.4 Å². The van der Waals surface area contributed by atoms with E-state index in [0.29, 0.717) is 0 Å². The number of halogens is 1. The van der Waals surface area contributed by atoms with Crippen LogP contribution in [0.25, 0.3) is 0 Å². The maximum absolute atomic E-state index is 13.8. The SMILES string of the molecule is COc1ccc(C(=O)N2CCN(S(=O)(=O)c3ccc(C)cc3)CC2)cc1F. The normalized spacial score (nSPS) is 15.6. The number of aryl methyl sites for hydroxylation is 1. The molecule has 1 aliphatic heterocycles. The molecule has 2 aromatic carbocycles. The van der Waals surface area contributed by atoms with E-state index >= 15 is 0 Å². The first-order valence-electron chi connectivity index (χ1n) is 8.52. The lowest BCUT2D eigenvalue weighted by atomic mass is 10.1. The van der Waals surface area contributed by atoms with Crippen LogP contribution in [0.2, 0.25) is 0 Å². The van der Waals surface area contributed by atoms with Gasteiger partial charge in [-0.05, 0) is 37.3 Å². The predicted molar refractivity (Wildman–Crippen MR) is 98.8 cm³/mol. The molecule has 0 unspecified atom stereocenters. The van der Waals surface area contributed by atoms with Crippen LogP contribution in [0, 0.1) is 12.7 Å². The molecular weight excluding hydrogens is 371 g/mol. The van der Waals surface area contributed by atoms with E-state index in [1.54, 1.807) is 24.3 Å². The summed E-state index contributed by atoms with van der Waals surface area (Å²) in [6, 6.07) is 10.7. The summed E-state index contributed by atoms with van der Waals surface area (Å²) in [4.78, 5) is 14.3. The highest BCUT2D eigenvalue weighted by atomic mass is 32.2. The fourth-order valence-electron chi connectivity index (χ4n) is 2.97. The first-order chi connectivity index (χ1) is 12.8. The van der Waals surface area contributed by atoms with Crippen LogP contribution < -0.4 is 4.74 Å². The minimum Gasteiger partial charge on any atom is -0.494 e. The monoisotopic (exact) mass is 392 g/mol. The van der Waals surface area contributed by atoms with E-state index in [-0.39, 0.29) is 48.3 Å². The van der Waals surface area contributed by atoms with Gasteiger partial charge in [-0.3, -0.25) is 4.79 Å². The Kier molecular flexibility index (Phi) is 5.48. The van der Waals surface area contributed by atoms with Crippen molar-refractivity contribution in [3.63, 3.8) is 0 Å². The molecule has 6 nitrogen and oxygen atoms in total. The molecule has 1 aliphatic rings. The largest absolute Gasteiger partial charge is 0.494 e. The molecule has 0 saturated carbocycles. The summed E-state index contributed by atoms with van der Waals surface area (Å²) < 4.78 is 45.5. The van der Waals surface area contributed by atoms with Gasteiger partial charge in [-0.25, -0.2) is 12.8 Å². The number of rotatable bonds is 4. The molecular formula is C19H21FN2O4S. The van der Waals surface area contributed by atoms with Crippen molar-refractivity contribution in [2.45, 2.75) is 11.8 Å².